The molecule has 2 aromatic carbocycles. The predicted molar refractivity (Wildman–Crippen MR) is 134 cm³/mol. The Balaban J connectivity index is 1.31. The van der Waals surface area contributed by atoms with E-state index in [1.54, 1.807) is 12.1 Å². The van der Waals surface area contributed by atoms with E-state index in [2.05, 4.69) is 15.5 Å². The van der Waals surface area contributed by atoms with Crippen LogP contribution in [0, 0.1) is 0 Å². The van der Waals surface area contributed by atoms with Gasteiger partial charge in [-0.1, -0.05) is 12.1 Å². The van der Waals surface area contributed by atoms with Crippen LogP contribution in [0.4, 0.5) is 24.5 Å². The number of nitrogens with one attached hydrogen (secondary N) is 2. The molecule has 6 nitrogen and oxygen atoms in total. The van der Waals surface area contributed by atoms with E-state index in [9.17, 15) is 22.8 Å². The second-order valence-electron chi connectivity index (χ2n) is 9.05. The molecule has 2 N–H and O–H groups in total. The molecule has 1 atom stereocenters. The number of hydrogen-bond acceptors (Lipinski definition) is 5. The number of fused-ring (bicyclic) bond motifs is 2. The summed E-state index contributed by atoms with van der Waals surface area (Å²) >= 11 is 1.90. The number of alkyl halides is 3. The van der Waals surface area contributed by atoms with Crippen molar-refractivity contribution >= 4 is 40.5 Å². The van der Waals surface area contributed by atoms with Gasteiger partial charge in [-0.2, -0.15) is 24.9 Å². The minimum atomic E-state index is -4.47. The maximum atomic E-state index is 13.1. The molecule has 0 aliphatic carbocycles. The van der Waals surface area contributed by atoms with Crippen molar-refractivity contribution in [2.24, 2.45) is 0 Å². The Morgan fingerprint density at radius 1 is 1.17 bits per heavy atom. The molecule has 0 bridgehead atoms. The molecule has 0 radical (unpaired) electrons. The van der Waals surface area contributed by atoms with Gasteiger partial charge in [0.25, 0.3) is 0 Å². The van der Waals surface area contributed by atoms with Gasteiger partial charge in [0.15, 0.2) is 0 Å². The lowest BCUT2D eigenvalue weighted by molar-refractivity contribution is -0.137. The third-order valence-corrected chi connectivity index (χ3v) is 7.59. The SMILES string of the molecule is O=C(/C=C1\CCCOc2cc(C(F)(F)F)ccc21)Nc1ccc2c(c1)NC(=O)C(N1CCSCC1)C2. The average molecular weight is 518 g/mol. The summed E-state index contributed by atoms with van der Waals surface area (Å²) in [6.45, 7) is 2.06. The number of rotatable bonds is 3. The molecule has 1 unspecified atom stereocenters. The highest BCUT2D eigenvalue weighted by atomic mass is 32.2. The van der Waals surface area contributed by atoms with E-state index in [1.165, 1.54) is 12.1 Å². The number of carbonyl (C=O) groups is 2. The Hall–Kier alpha value is -2.98. The molecule has 2 amide bonds. The Morgan fingerprint density at radius 2 is 1.97 bits per heavy atom. The lowest BCUT2D eigenvalue weighted by atomic mass is 9.97. The zero-order valence-corrected chi connectivity index (χ0v) is 20.3. The molecule has 0 aromatic heterocycles. The number of halogens is 3. The quantitative estimate of drug-likeness (QED) is 0.572. The number of allylic oxidation sites excluding steroid dienone is 1. The van der Waals surface area contributed by atoms with Gasteiger partial charge in [0, 0.05) is 47.6 Å². The van der Waals surface area contributed by atoms with Crippen molar-refractivity contribution in [3.8, 4) is 5.75 Å². The van der Waals surface area contributed by atoms with Gasteiger partial charge in [-0.05, 0) is 54.7 Å². The van der Waals surface area contributed by atoms with Crippen LogP contribution in [0.5, 0.6) is 5.75 Å². The summed E-state index contributed by atoms with van der Waals surface area (Å²) in [5.74, 6) is 1.74. The van der Waals surface area contributed by atoms with Gasteiger partial charge in [-0.3, -0.25) is 14.5 Å². The molecule has 2 aromatic rings. The lowest BCUT2D eigenvalue weighted by Crippen LogP contribution is -2.50. The Kier molecular flexibility index (Phi) is 6.98. The smallest absolute Gasteiger partial charge is 0.416 e. The van der Waals surface area contributed by atoms with Crippen LogP contribution in [-0.4, -0.2) is 54.0 Å². The van der Waals surface area contributed by atoms with Crippen LogP contribution >= 0.6 is 11.8 Å². The molecule has 5 rings (SSSR count). The van der Waals surface area contributed by atoms with E-state index in [0.717, 1.165) is 42.3 Å². The van der Waals surface area contributed by atoms with Crippen molar-refractivity contribution < 1.29 is 27.5 Å². The monoisotopic (exact) mass is 517 g/mol. The summed E-state index contributed by atoms with van der Waals surface area (Å²) < 4.78 is 44.8. The number of nitrogens with zero attached hydrogens (tertiary/aromatic N) is 1. The van der Waals surface area contributed by atoms with Gasteiger partial charge in [0.05, 0.1) is 18.2 Å². The Labute approximate surface area is 211 Å². The first-order valence-electron chi connectivity index (χ1n) is 11.9. The van der Waals surface area contributed by atoms with Gasteiger partial charge in [0.1, 0.15) is 5.75 Å². The average Bonchev–Trinajstić information content (AvgIpc) is 3.05. The van der Waals surface area contributed by atoms with E-state index >= 15 is 0 Å². The van der Waals surface area contributed by atoms with E-state index in [0.29, 0.717) is 41.8 Å². The first kappa shape index (κ1) is 24.7. The fourth-order valence-electron chi connectivity index (χ4n) is 4.80. The molecule has 0 saturated carbocycles. The third kappa shape index (κ3) is 5.39. The molecule has 3 heterocycles. The normalized spacial score (nSPS) is 21.6. The Morgan fingerprint density at radius 3 is 2.75 bits per heavy atom. The first-order chi connectivity index (χ1) is 17.3. The maximum absolute atomic E-state index is 13.1. The van der Waals surface area contributed by atoms with Crippen LogP contribution in [0.2, 0.25) is 0 Å². The highest BCUT2D eigenvalue weighted by Gasteiger charge is 2.33. The predicted octanol–water partition coefficient (Wildman–Crippen LogP) is 4.81. The molecule has 1 fully saturated rings. The molecule has 1 saturated heterocycles. The molecule has 10 heteroatoms. The first-order valence-corrected chi connectivity index (χ1v) is 13.0. The third-order valence-electron chi connectivity index (χ3n) is 6.65. The highest BCUT2D eigenvalue weighted by molar-refractivity contribution is 7.99. The lowest BCUT2D eigenvalue weighted by Gasteiger charge is -2.36. The van der Waals surface area contributed by atoms with Crippen molar-refractivity contribution in [3.05, 3.63) is 59.2 Å². The fraction of sp³-hybridized carbons (Fsp3) is 0.385. The second kappa shape index (κ2) is 10.2. The van der Waals surface area contributed by atoms with Crippen LogP contribution in [0.25, 0.3) is 5.57 Å². The van der Waals surface area contributed by atoms with E-state index < -0.39 is 17.6 Å². The van der Waals surface area contributed by atoms with Crippen LogP contribution in [-0.2, 0) is 22.2 Å². The van der Waals surface area contributed by atoms with E-state index in [4.69, 9.17) is 4.74 Å². The van der Waals surface area contributed by atoms with E-state index in [-0.39, 0.29) is 24.3 Å². The summed E-state index contributed by atoms with van der Waals surface area (Å²) in [6.07, 6.45) is -1.36. The molecule has 0 spiro atoms. The van der Waals surface area contributed by atoms with Gasteiger partial charge in [-0.15, -0.1) is 0 Å². The second-order valence-corrected chi connectivity index (χ2v) is 10.3. The van der Waals surface area contributed by atoms with Crippen LogP contribution in [0.3, 0.4) is 0 Å². The van der Waals surface area contributed by atoms with Gasteiger partial charge < -0.3 is 15.4 Å². The minimum Gasteiger partial charge on any atom is -0.493 e. The number of thioether (sulfide) groups is 1. The summed E-state index contributed by atoms with van der Waals surface area (Å²) in [4.78, 5) is 27.8. The zero-order valence-electron chi connectivity index (χ0n) is 19.5. The standard InChI is InChI=1S/C26H26F3N3O3S/c27-26(28,29)18-4-6-20-16(2-1-9-35-23(20)14-18)13-24(33)30-19-5-3-17-12-22(25(34)31-21(17)15-19)32-7-10-36-11-8-32/h3-6,13-15,22H,1-2,7-12H2,(H,30,33)(H,31,34)/b16-13+. The number of anilines is 2. The Bertz CT molecular complexity index is 1210. The number of carbonyl (C=O) groups excluding carboxylic acids is 2. The summed E-state index contributed by atoms with van der Waals surface area (Å²) in [7, 11) is 0. The van der Waals surface area contributed by atoms with Crippen molar-refractivity contribution in [3.63, 3.8) is 0 Å². The van der Waals surface area contributed by atoms with Crippen molar-refractivity contribution in [1.82, 2.24) is 4.90 Å². The number of benzene rings is 2. The van der Waals surface area contributed by atoms with E-state index in [1.807, 2.05) is 17.8 Å². The summed E-state index contributed by atoms with van der Waals surface area (Å²) in [5.41, 5.74) is 2.54. The van der Waals surface area contributed by atoms with Gasteiger partial charge in [-0.25, -0.2) is 0 Å². The maximum Gasteiger partial charge on any atom is 0.416 e. The van der Waals surface area contributed by atoms with Crippen LogP contribution < -0.4 is 15.4 Å². The molecular weight excluding hydrogens is 491 g/mol. The van der Waals surface area contributed by atoms with Crippen LogP contribution in [0.1, 0.15) is 29.5 Å². The molecule has 36 heavy (non-hydrogen) atoms. The van der Waals surface area contributed by atoms with Crippen molar-refractivity contribution in [2.45, 2.75) is 31.5 Å². The molecular formula is C26H26F3N3O3S. The number of ether oxygens (including phenoxy) is 1. The zero-order chi connectivity index (χ0) is 25.3. The van der Waals surface area contributed by atoms with Crippen molar-refractivity contribution in [1.29, 1.82) is 0 Å². The summed E-state index contributed by atoms with van der Waals surface area (Å²) in [5, 5.41) is 5.79. The fourth-order valence-corrected chi connectivity index (χ4v) is 5.73. The van der Waals surface area contributed by atoms with Gasteiger partial charge in [0.2, 0.25) is 11.8 Å². The topological polar surface area (TPSA) is 70.7 Å². The van der Waals surface area contributed by atoms with Crippen molar-refractivity contribution in [2.75, 3.05) is 41.8 Å². The van der Waals surface area contributed by atoms with Crippen LogP contribution in [0.15, 0.2) is 42.5 Å². The summed E-state index contributed by atoms with van der Waals surface area (Å²) in [6, 6.07) is 8.61. The molecule has 3 aliphatic rings. The minimum absolute atomic E-state index is 0.0340. The molecule has 3 aliphatic heterocycles. The molecule has 190 valence electrons. The highest BCUT2D eigenvalue weighted by Crippen LogP contribution is 2.38. The number of hydrogen-bond donors (Lipinski definition) is 2. The number of amides is 2. The largest absolute Gasteiger partial charge is 0.493 e. The van der Waals surface area contributed by atoms with Gasteiger partial charge >= 0.3 is 6.18 Å².